The van der Waals surface area contributed by atoms with Gasteiger partial charge in [-0.2, -0.15) is 0 Å². The maximum absolute atomic E-state index is 11.5. The Morgan fingerprint density at radius 3 is 2.53 bits per heavy atom. The lowest BCUT2D eigenvalue weighted by molar-refractivity contribution is -0.105. The van der Waals surface area contributed by atoms with Crippen molar-refractivity contribution in [3.05, 3.63) is 26.9 Å². The summed E-state index contributed by atoms with van der Waals surface area (Å²) in [4.78, 5) is 44.0. The molecule has 0 saturated heterocycles. The van der Waals surface area contributed by atoms with Gasteiger partial charge in [0.2, 0.25) is 12.3 Å². The Bertz CT molecular complexity index is 526. The van der Waals surface area contributed by atoms with E-state index in [-0.39, 0.29) is 12.2 Å². The molecule has 1 aromatic rings. The molecule has 1 rings (SSSR count). The minimum Gasteiger partial charge on any atom is -0.314 e. The Morgan fingerprint density at radius 1 is 1.47 bits per heavy atom. The molecule has 1 amide bonds. The van der Waals surface area contributed by atoms with Crippen LogP contribution in [0.5, 0.6) is 0 Å². The third-order valence-corrected chi connectivity index (χ3v) is 1.83. The van der Waals surface area contributed by atoms with E-state index in [0.29, 0.717) is 4.57 Å². The van der Waals surface area contributed by atoms with E-state index in [4.69, 9.17) is 0 Å². The normalized spacial score (nSPS) is 9.73. The van der Waals surface area contributed by atoms with Crippen LogP contribution in [-0.2, 0) is 11.8 Å². The second-order valence-corrected chi connectivity index (χ2v) is 2.83. The summed E-state index contributed by atoms with van der Waals surface area (Å²) in [6.07, 6.45) is 0.285. The highest BCUT2D eigenvalue weighted by molar-refractivity contribution is 5.82. The van der Waals surface area contributed by atoms with Crippen molar-refractivity contribution in [3.63, 3.8) is 0 Å². The predicted molar refractivity (Wildman–Crippen MR) is 51.9 cm³/mol. The monoisotopic (exact) mass is 211 g/mol. The fourth-order valence-electron chi connectivity index (χ4n) is 1.10. The van der Waals surface area contributed by atoms with Crippen LogP contribution in [0.2, 0.25) is 0 Å². The van der Waals surface area contributed by atoms with Gasteiger partial charge in [0, 0.05) is 20.0 Å². The van der Waals surface area contributed by atoms with E-state index in [9.17, 15) is 19.2 Å². The highest BCUT2D eigenvalue weighted by Gasteiger charge is 2.11. The lowest BCUT2D eigenvalue weighted by atomic mass is 10.5. The SMILES string of the molecule is CC(=O)n1c(NC=O)cc(=O)n(C)c1=O. The van der Waals surface area contributed by atoms with Crippen molar-refractivity contribution in [2.45, 2.75) is 6.92 Å². The van der Waals surface area contributed by atoms with E-state index in [0.717, 1.165) is 17.6 Å². The Balaban J connectivity index is 3.65. The van der Waals surface area contributed by atoms with Crippen molar-refractivity contribution in [1.82, 2.24) is 9.13 Å². The maximum atomic E-state index is 11.5. The number of nitrogens with zero attached hydrogens (tertiary/aromatic N) is 2. The summed E-state index contributed by atoms with van der Waals surface area (Å²) in [6, 6.07) is 0.997. The van der Waals surface area contributed by atoms with Gasteiger partial charge < -0.3 is 5.32 Å². The molecule has 0 aliphatic rings. The van der Waals surface area contributed by atoms with E-state index in [1.807, 2.05) is 0 Å². The largest absolute Gasteiger partial charge is 0.339 e. The maximum Gasteiger partial charge on any atom is 0.339 e. The molecule has 0 saturated carbocycles. The number of carbonyl (C=O) groups excluding carboxylic acids is 2. The van der Waals surface area contributed by atoms with Crippen LogP contribution < -0.4 is 16.6 Å². The zero-order valence-corrected chi connectivity index (χ0v) is 8.18. The minimum atomic E-state index is -0.792. The van der Waals surface area contributed by atoms with Crippen molar-refractivity contribution in [3.8, 4) is 0 Å². The highest BCUT2D eigenvalue weighted by atomic mass is 16.2. The van der Waals surface area contributed by atoms with Crippen LogP contribution in [0.1, 0.15) is 11.7 Å². The summed E-state index contributed by atoms with van der Waals surface area (Å²) in [5.74, 6) is -0.717. The summed E-state index contributed by atoms with van der Waals surface area (Å²) in [7, 11) is 1.24. The van der Waals surface area contributed by atoms with Gasteiger partial charge in [0.15, 0.2) is 0 Å². The lowest BCUT2D eigenvalue weighted by Crippen LogP contribution is -2.40. The summed E-state index contributed by atoms with van der Waals surface area (Å²) < 4.78 is 1.48. The standard InChI is InChI=1S/C8H9N3O4/c1-5(13)11-6(9-4-12)3-7(14)10(2)8(11)15/h3-4H,1-2H3,(H,9,12). The third-order valence-electron chi connectivity index (χ3n) is 1.83. The minimum absolute atomic E-state index is 0.134. The Hall–Kier alpha value is -2.18. The van der Waals surface area contributed by atoms with Crippen molar-refractivity contribution >= 4 is 18.1 Å². The van der Waals surface area contributed by atoms with Crippen LogP contribution >= 0.6 is 0 Å². The van der Waals surface area contributed by atoms with Crippen LogP contribution in [0.25, 0.3) is 0 Å². The Kier molecular flexibility index (Phi) is 2.84. The van der Waals surface area contributed by atoms with Gasteiger partial charge in [-0.1, -0.05) is 0 Å². The van der Waals surface area contributed by atoms with Crippen LogP contribution in [-0.4, -0.2) is 21.5 Å². The molecule has 0 atom stereocenters. The van der Waals surface area contributed by atoms with Crippen LogP contribution in [0.3, 0.4) is 0 Å². The van der Waals surface area contributed by atoms with Crippen molar-refractivity contribution < 1.29 is 9.59 Å². The highest BCUT2D eigenvalue weighted by Crippen LogP contribution is 1.98. The molecule has 15 heavy (non-hydrogen) atoms. The second kappa shape index (κ2) is 3.91. The fraction of sp³-hybridized carbons (Fsp3) is 0.250. The zero-order valence-electron chi connectivity index (χ0n) is 8.18. The molecule has 0 bridgehead atoms. The van der Waals surface area contributed by atoms with Gasteiger partial charge in [-0.3, -0.25) is 19.0 Å². The number of carbonyl (C=O) groups is 2. The first-order valence-electron chi connectivity index (χ1n) is 4.03. The Labute approximate surface area is 83.9 Å². The molecule has 0 unspecified atom stereocenters. The first-order chi connectivity index (χ1) is 6.99. The molecule has 7 nitrogen and oxygen atoms in total. The van der Waals surface area contributed by atoms with Crippen molar-refractivity contribution in [1.29, 1.82) is 0 Å². The number of anilines is 1. The molecule has 0 aliphatic carbocycles. The van der Waals surface area contributed by atoms with Crippen LogP contribution in [0, 0.1) is 0 Å². The molecule has 80 valence electrons. The summed E-state index contributed by atoms with van der Waals surface area (Å²) >= 11 is 0. The number of nitrogens with one attached hydrogen (secondary N) is 1. The van der Waals surface area contributed by atoms with Gasteiger partial charge in [0.1, 0.15) is 5.82 Å². The number of hydrogen-bond acceptors (Lipinski definition) is 4. The van der Waals surface area contributed by atoms with Crippen LogP contribution in [0.15, 0.2) is 15.7 Å². The first-order valence-corrected chi connectivity index (χ1v) is 4.03. The topological polar surface area (TPSA) is 90.2 Å². The van der Waals surface area contributed by atoms with Gasteiger partial charge >= 0.3 is 5.69 Å². The number of hydrogen-bond donors (Lipinski definition) is 1. The summed E-state index contributed by atoms with van der Waals surface area (Å²) in [6.45, 7) is 1.15. The van der Waals surface area contributed by atoms with Crippen molar-refractivity contribution in [2.75, 3.05) is 5.32 Å². The molecule has 1 heterocycles. The van der Waals surface area contributed by atoms with E-state index in [1.54, 1.807) is 0 Å². The average Bonchev–Trinajstić information content (AvgIpc) is 2.14. The van der Waals surface area contributed by atoms with E-state index in [1.165, 1.54) is 7.05 Å². The molecular weight excluding hydrogens is 202 g/mol. The average molecular weight is 211 g/mol. The van der Waals surface area contributed by atoms with E-state index in [2.05, 4.69) is 5.32 Å². The van der Waals surface area contributed by atoms with Gasteiger partial charge in [0.25, 0.3) is 5.56 Å². The molecule has 0 fully saturated rings. The smallest absolute Gasteiger partial charge is 0.314 e. The molecule has 1 aromatic heterocycles. The molecule has 0 aliphatic heterocycles. The van der Waals surface area contributed by atoms with Crippen molar-refractivity contribution in [2.24, 2.45) is 7.05 Å². The van der Waals surface area contributed by atoms with E-state index < -0.39 is 17.2 Å². The predicted octanol–water partition coefficient (Wildman–Crippen LogP) is -1.22. The van der Waals surface area contributed by atoms with Crippen LogP contribution in [0.4, 0.5) is 5.82 Å². The van der Waals surface area contributed by atoms with Gasteiger partial charge in [0.05, 0.1) is 0 Å². The summed E-state index contributed by atoms with van der Waals surface area (Å²) in [5.41, 5.74) is -1.39. The molecule has 0 aromatic carbocycles. The second-order valence-electron chi connectivity index (χ2n) is 2.83. The molecule has 1 N–H and O–H groups in total. The van der Waals surface area contributed by atoms with E-state index >= 15 is 0 Å². The third kappa shape index (κ3) is 1.85. The molecule has 0 radical (unpaired) electrons. The Morgan fingerprint density at radius 2 is 2.07 bits per heavy atom. The van der Waals surface area contributed by atoms with Gasteiger partial charge in [-0.05, 0) is 0 Å². The fourth-order valence-corrected chi connectivity index (χ4v) is 1.10. The van der Waals surface area contributed by atoms with Gasteiger partial charge in [-0.15, -0.1) is 0 Å². The zero-order chi connectivity index (χ0) is 11.6. The summed E-state index contributed by atoms with van der Waals surface area (Å²) in [5, 5.41) is 2.11. The quantitative estimate of drug-likeness (QED) is 0.620. The van der Waals surface area contributed by atoms with Gasteiger partial charge in [-0.25, -0.2) is 9.36 Å². The number of aromatic nitrogens is 2. The molecular formula is C8H9N3O4. The molecule has 7 heteroatoms. The number of rotatable bonds is 2. The number of amides is 1. The lowest BCUT2D eigenvalue weighted by Gasteiger charge is -2.08. The first kappa shape index (κ1) is 10.9. The molecule has 0 spiro atoms.